The molecule has 0 bridgehead atoms. The molecular weight excluding hydrogens is 535 g/mol. The van der Waals surface area contributed by atoms with Crippen LogP contribution in [0.2, 0.25) is 0 Å². The van der Waals surface area contributed by atoms with Crippen molar-refractivity contribution in [3.05, 3.63) is 110 Å². The molecule has 0 radical (unpaired) electrons. The summed E-state index contributed by atoms with van der Waals surface area (Å²) in [5, 5.41) is 3.03. The Hall–Kier alpha value is -3.67. The minimum absolute atomic E-state index is 0.0312. The van der Waals surface area contributed by atoms with Crippen LogP contribution in [0.15, 0.2) is 88.8 Å². The third-order valence-corrected chi connectivity index (χ3v) is 7.71. The number of carbonyl (C=O) groups is 1. The Morgan fingerprint density at radius 2 is 1.68 bits per heavy atom. The predicted octanol–water partition coefficient (Wildman–Crippen LogP) is 5.65. The summed E-state index contributed by atoms with van der Waals surface area (Å²) in [6.45, 7) is 0.356. The Morgan fingerprint density at radius 1 is 0.973 bits per heavy atom. The minimum Gasteiger partial charge on any atom is -0.351 e. The predicted molar refractivity (Wildman–Crippen MR) is 144 cm³/mol. The van der Waals surface area contributed by atoms with Crippen molar-refractivity contribution in [2.45, 2.75) is 11.7 Å². The molecule has 37 heavy (non-hydrogen) atoms. The van der Waals surface area contributed by atoms with Crippen LogP contribution < -0.4 is 10.9 Å². The number of para-hydroxylation sites is 1. The number of thiazole rings is 1. The summed E-state index contributed by atoms with van der Waals surface area (Å²) in [7, 11) is 0. The molecule has 5 aromatic rings. The van der Waals surface area contributed by atoms with Gasteiger partial charge in [-0.3, -0.25) is 18.7 Å². The number of rotatable bonds is 7. The number of fused-ring (bicyclic) bond motifs is 1. The van der Waals surface area contributed by atoms with Gasteiger partial charge in [0.1, 0.15) is 16.3 Å². The Balaban J connectivity index is 1.57. The van der Waals surface area contributed by atoms with Gasteiger partial charge in [-0.15, -0.1) is 0 Å². The second kappa shape index (κ2) is 10.8. The molecule has 2 aromatic heterocycles. The van der Waals surface area contributed by atoms with Crippen LogP contribution in [0.5, 0.6) is 0 Å². The van der Waals surface area contributed by atoms with Crippen LogP contribution in [0.25, 0.3) is 21.7 Å². The van der Waals surface area contributed by atoms with E-state index in [0.717, 1.165) is 28.7 Å². The van der Waals surface area contributed by atoms with E-state index >= 15 is 0 Å². The van der Waals surface area contributed by atoms with E-state index < -0.39 is 17.2 Å². The Labute approximate surface area is 223 Å². The van der Waals surface area contributed by atoms with Crippen LogP contribution in [-0.4, -0.2) is 25.8 Å². The number of hydrogen-bond acceptors (Lipinski definition) is 6. The third kappa shape index (κ3) is 5.24. The van der Waals surface area contributed by atoms with Crippen molar-refractivity contribution in [2.75, 3.05) is 5.75 Å². The summed E-state index contributed by atoms with van der Waals surface area (Å²) in [6.07, 6.45) is 0. The van der Waals surface area contributed by atoms with Crippen molar-refractivity contribution >= 4 is 51.6 Å². The molecule has 5 rings (SSSR count). The summed E-state index contributed by atoms with van der Waals surface area (Å²) in [4.78, 5) is 30.9. The number of nitrogens with zero attached hydrogens (tertiary/aromatic N) is 3. The van der Waals surface area contributed by atoms with E-state index in [0.29, 0.717) is 12.2 Å². The molecule has 0 saturated carbocycles. The largest absolute Gasteiger partial charge is 0.351 e. The Kier molecular flexibility index (Phi) is 7.26. The van der Waals surface area contributed by atoms with Gasteiger partial charge in [-0.25, -0.2) is 13.8 Å². The van der Waals surface area contributed by atoms with Gasteiger partial charge in [-0.2, -0.15) is 0 Å². The first-order chi connectivity index (χ1) is 17.9. The first-order valence-electron chi connectivity index (χ1n) is 11.1. The molecule has 0 aliphatic heterocycles. The van der Waals surface area contributed by atoms with Crippen LogP contribution in [0, 0.1) is 15.6 Å². The van der Waals surface area contributed by atoms with Crippen LogP contribution in [0.1, 0.15) is 5.56 Å². The Bertz CT molecular complexity index is 1710. The number of aromatic nitrogens is 3. The van der Waals surface area contributed by atoms with Gasteiger partial charge in [-0.1, -0.05) is 65.6 Å². The lowest BCUT2D eigenvalue weighted by molar-refractivity contribution is -0.118. The zero-order valence-corrected chi connectivity index (χ0v) is 21.5. The lowest BCUT2D eigenvalue weighted by atomic mass is 10.2. The van der Waals surface area contributed by atoms with Crippen molar-refractivity contribution in [3.8, 4) is 11.4 Å². The zero-order valence-electron chi connectivity index (χ0n) is 19.1. The zero-order chi connectivity index (χ0) is 25.9. The molecule has 0 aliphatic rings. The molecular formula is C26H18F2N4O2S3. The minimum atomic E-state index is -0.516. The molecule has 3 aromatic carbocycles. The number of thioether (sulfide) groups is 1. The summed E-state index contributed by atoms with van der Waals surface area (Å²) >= 11 is 7.53. The van der Waals surface area contributed by atoms with Crippen LogP contribution in [-0.2, 0) is 11.3 Å². The van der Waals surface area contributed by atoms with Gasteiger partial charge in [0.25, 0.3) is 5.56 Å². The molecule has 0 saturated heterocycles. The van der Waals surface area contributed by atoms with Gasteiger partial charge in [0.05, 0.1) is 17.1 Å². The molecule has 2 heterocycles. The standard InChI is InChI=1S/C26H18F2N4O2S3/c27-17-10-12-18(13-11-17)31-24(34)22-23(32(26(35)37-22)20-9-5-4-8-19(20)28)30-25(31)36-15-21(33)29-14-16-6-2-1-3-7-16/h1-13H,14-15H2,(H,29,33). The SMILES string of the molecule is O=C(CSc1nc2c(sc(=S)n2-c2ccccc2F)c(=O)n1-c1ccc(F)cc1)NCc1ccccc1. The monoisotopic (exact) mass is 552 g/mol. The van der Waals surface area contributed by atoms with Crippen molar-refractivity contribution in [1.82, 2.24) is 19.4 Å². The molecule has 6 nitrogen and oxygen atoms in total. The number of benzene rings is 3. The van der Waals surface area contributed by atoms with Crippen molar-refractivity contribution in [3.63, 3.8) is 0 Å². The maximum absolute atomic E-state index is 14.7. The summed E-state index contributed by atoms with van der Waals surface area (Å²) in [5.41, 5.74) is 1.24. The molecule has 0 spiro atoms. The smallest absolute Gasteiger partial charge is 0.278 e. The molecule has 186 valence electrons. The third-order valence-electron chi connectivity index (χ3n) is 5.42. The molecule has 0 unspecified atom stereocenters. The molecule has 11 heteroatoms. The van der Waals surface area contributed by atoms with Gasteiger partial charge in [0.15, 0.2) is 14.8 Å². The van der Waals surface area contributed by atoms with Crippen LogP contribution in [0.3, 0.4) is 0 Å². The highest BCUT2D eigenvalue weighted by atomic mass is 32.2. The first kappa shape index (κ1) is 25.0. The molecule has 0 atom stereocenters. The van der Waals surface area contributed by atoms with E-state index in [-0.39, 0.29) is 36.8 Å². The average Bonchev–Trinajstić information content (AvgIpc) is 3.24. The van der Waals surface area contributed by atoms with E-state index in [1.165, 1.54) is 39.5 Å². The van der Waals surface area contributed by atoms with Gasteiger partial charge in [-0.05, 0) is 54.2 Å². The Morgan fingerprint density at radius 3 is 2.41 bits per heavy atom. The lowest BCUT2D eigenvalue weighted by Crippen LogP contribution is -2.26. The van der Waals surface area contributed by atoms with E-state index in [1.807, 2.05) is 30.3 Å². The van der Waals surface area contributed by atoms with Crippen molar-refractivity contribution in [2.24, 2.45) is 0 Å². The number of hydrogen-bond donors (Lipinski definition) is 1. The average molecular weight is 553 g/mol. The topological polar surface area (TPSA) is 68.9 Å². The molecule has 1 N–H and O–H groups in total. The molecule has 1 amide bonds. The highest BCUT2D eigenvalue weighted by molar-refractivity contribution is 7.99. The highest BCUT2D eigenvalue weighted by Crippen LogP contribution is 2.28. The highest BCUT2D eigenvalue weighted by Gasteiger charge is 2.21. The van der Waals surface area contributed by atoms with Gasteiger partial charge in [0.2, 0.25) is 5.91 Å². The maximum Gasteiger partial charge on any atom is 0.278 e. The number of carbonyl (C=O) groups excluding carboxylic acids is 1. The maximum atomic E-state index is 14.7. The lowest BCUT2D eigenvalue weighted by Gasteiger charge is -2.13. The molecule has 0 aliphatic carbocycles. The fourth-order valence-electron chi connectivity index (χ4n) is 3.67. The summed E-state index contributed by atoms with van der Waals surface area (Å²) in [5.74, 6) is -1.26. The van der Waals surface area contributed by atoms with E-state index in [1.54, 1.807) is 18.2 Å². The van der Waals surface area contributed by atoms with Crippen molar-refractivity contribution < 1.29 is 13.6 Å². The summed E-state index contributed by atoms with van der Waals surface area (Å²) < 4.78 is 31.5. The van der Waals surface area contributed by atoms with Gasteiger partial charge in [0, 0.05) is 6.54 Å². The van der Waals surface area contributed by atoms with Gasteiger partial charge >= 0.3 is 0 Å². The van der Waals surface area contributed by atoms with E-state index in [2.05, 4.69) is 10.3 Å². The van der Waals surface area contributed by atoms with E-state index in [4.69, 9.17) is 12.2 Å². The quantitative estimate of drug-likeness (QED) is 0.161. The number of amides is 1. The number of halogens is 2. The first-order valence-corrected chi connectivity index (χ1v) is 13.3. The van der Waals surface area contributed by atoms with Crippen molar-refractivity contribution in [1.29, 1.82) is 0 Å². The van der Waals surface area contributed by atoms with Crippen LogP contribution in [0.4, 0.5) is 8.78 Å². The fourth-order valence-corrected chi connectivity index (χ4v) is 5.80. The molecule has 0 fully saturated rings. The number of nitrogens with one attached hydrogen (secondary N) is 1. The second-order valence-corrected chi connectivity index (χ2v) is 10.5. The van der Waals surface area contributed by atoms with Gasteiger partial charge < -0.3 is 5.32 Å². The van der Waals surface area contributed by atoms with Crippen LogP contribution >= 0.6 is 35.3 Å². The fraction of sp³-hybridized carbons (Fsp3) is 0.0769. The second-order valence-electron chi connectivity index (χ2n) is 7.87. The normalized spacial score (nSPS) is 11.1. The summed E-state index contributed by atoms with van der Waals surface area (Å²) in [6, 6.07) is 20.9. The van der Waals surface area contributed by atoms with E-state index in [9.17, 15) is 18.4 Å².